The third-order valence-corrected chi connectivity index (χ3v) is 6.14. The summed E-state index contributed by atoms with van der Waals surface area (Å²) in [5.74, 6) is 0.282. The second-order valence-electron chi connectivity index (χ2n) is 8.64. The molecule has 0 atom stereocenters. The van der Waals surface area contributed by atoms with E-state index in [2.05, 4.69) is 12.1 Å². The van der Waals surface area contributed by atoms with Crippen LogP contribution in [0.1, 0.15) is 34.0 Å². The number of carbonyl (C=O) groups is 1. The Morgan fingerprint density at radius 3 is 2.34 bits per heavy atom. The van der Waals surface area contributed by atoms with Gasteiger partial charge in [0.15, 0.2) is 0 Å². The van der Waals surface area contributed by atoms with E-state index in [9.17, 15) is 20.1 Å². The average Bonchev–Trinajstić information content (AvgIpc) is 2.94. The van der Waals surface area contributed by atoms with Gasteiger partial charge in [0, 0.05) is 6.07 Å². The van der Waals surface area contributed by atoms with Crippen molar-refractivity contribution in [1.82, 2.24) is 4.57 Å². The average molecular weight is 500 g/mol. The van der Waals surface area contributed by atoms with Crippen molar-refractivity contribution in [3.8, 4) is 23.6 Å². The molecule has 5 aromatic rings. The van der Waals surface area contributed by atoms with Gasteiger partial charge in [-0.15, -0.1) is 0 Å². The molecule has 1 heterocycles. The number of fused-ring (bicyclic) bond motifs is 2. The third-order valence-electron chi connectivity index (χ3n) is 6.14. The molecule has 0 aliphatic carbocycles. The van der Waals surface area contributed by atoms with Crippen LogP contribution in [0.3, 0.4) is 0 Å². The first-order valence-electron chi connectivity index (χ1n) is 11.9. The van der Waals surface area contributed by atoms with Crippen LogP contribution in [0.15, 0.2) is 89.7 Å². The highest BCUT2D eigenvalue weighted by Crippen LogP contribution is 2.27. The summed E-state index contributed by atoms with van der Waals surface area (Å²) in [5.41, 5.74) is 1.87. The molecule has 38 heavy (non-hydrogen) atoms. The van der Waals surface area contributed by atoms with E-state index in [-0.39, 0.29) is 18.7 Å². The number of ether oxygens (including phenoxy) is 2. The SMILES string of the molecule is CCOC(=O)c1cc2ccc(Oc3cccc(C#N)c3)cc2n(Cc2ccc3ccc(C#N)cc3c2)c1=O. The first-order chi connectivity index (χ1) is 18.5. The maximum atomic E-state index is 13.6. The first-order valence-corrected chi connectivity index (χ1v) is 11.9. The third kappa shape index (κ3) is 4.82. The molecule has 0 aliphatic rings. The quantitative estimate of drug-likeness (QED) is 0.269. The van der Waals surface area contributed by atoms with Crippen LogP contribution in [-0.4, -0.2) is 17.1 Å². The van der Waals surface area contributed by atoms with E-state index in [1.54, 1.807) is 61.5 Å². The van der Waals surface area contributed by atoms with Crippen LogP contribution in [0.25, 0.3) is 21.7 Å². The highest BCUT2D eigenvalue weighted by atomic mass is 16.5. The van der Waals surface area contributed by atoms with Crippen LogP contribution in [0.4, 0.5) is 0 Å². The summed E-state index contributed by atoms with van der Waals surface area (Å²) in [6, 6.07) is 29.0. The topological polar surface area (TPSA) is 105 Å². The summed E-state index contributed by atoms with van der Waals surface area (Å²) >= 11 is 0. The molecule has 0 saturated carbocycles. The molecular weight excluding hydrogens is 478 g/mol. The number of hydrogen-bond donors (Lipinski definition) is 0. The van der Waals surface area contributed by atoms with Gasteiger partial charge in [-0.05, 0) is 83.2 Å². The Bertz CT molecular complexity index is 1860. The Balaban J connectivity index is 1.63. The Labute approximate surface area is 218 Å². The van der Waals surface area contributed by atoms with Gasteiger partial charge in [-0.2, -0.15) is 10.5 Å². The molecule has 0 fully saturated rings. The molecular formula is C31H21N3O4. The van der Waals surface area contributed by atoms with E-state index in [1.165, 1.54) is 10.6 Å². The van der Waals surface area contributed by atoms with Crippen LogP contribution in [0.5, 0.6) is 11.5 Å². The number of rotatable bonds is 6. The molecule has 0 aliphatic heterocycles. The number of nitriles is 2. The minimum Gasteiger partial charge on any atom is -0.462 e. The monoisotopic (exact) mass is 499 g/mol. The molecule has 4 aromatic carbocycles. The molecule has 0 amide bonds. The summed E-state index contributed by atoms with van der Waals surface area (Å²) in [4.78, 5) is 26.2. The zero-order chi connectivity index (χ0) is 26.6. The molecule has 0 saturated heterocycles. The Hall–Kier alpha value is -5.40. The van der Waals surface area contributed by atoms with Crippen molar-refractivity contribution in [3.63, 3.8) is 0 Å². The fourth-order valence-electron chi connectivity index (χ4n) is 4.34. The van der Waals surface area contributed by atoms with Gasteiger partial charge in [0.2, 0.25) is 0 Å². The second-order valence-corrected chi connectivity index (χ2v) is 8.64. The lowest BCUT2D eigenvalue weighted by Crippen LogP contribution is -2.28. The van der Waals surface area contributed by atoms with Crippen molar-refractivity contribution >= 4 is 27.6 Å². The van der Waals surface area contributed by atoms with Gasteiger partial charge < -0.3 is 14.0 Å². The van der Waals surface area contributed by atoms with Crippen LogP contribution < -0.4 is 10.3 Å². The van der Waals surface area contributed by atoms with E-state index in [0.717, 1.165) is 16.3 Å². The summed E-state index contributed by atoms with van der Waals surface area (Å²) in [6.45, 7) is 2.02. The number of carbonyl (C=O) groups excluding carboxylic acids is 1. The smallest absolute Gasteiger partial charge is 0.343 e. The molecule has 5 rings (SSSR count). The van der Waals surface area contributed by atoms with Gasteiger partial charge in [-0.1, -0.05) is 24.3 Å². The first kappa shape index (κ1) is 24.3. The molecule has 0 bridgehead atoms. The van der Waals surface area contributed by atoms with Crippen LogP contribution in [0.2, 0.25) is 0 Å². The highest BCUT2D eigenvalue weighted by Gasteiger charge is 2.18. The molecule has 7 nitrogen and oxygen atoms in total. The van der Waals surface area contributed by atoms with E-state index < -0.39 is 11.5 Å². The fraction of sp³-hybridized carbons (Fsp3) is 0.0968. The lowest BCUT2D eigenvalue weighted by molar-refractivity contribution is 0.0524. The lowest BCUT2D eigenvalue weighted by atomic mass is 10.0. The lowest BCUT2D eigenvalue weighted by Gasteiger charge is -2.15. The number of pyridine rings is 1. The van der Waals surface area contributed by atoms with Crippen molar-refractivity contribution in [2.75, 3.05) is 6.61 Å². The number of benzene rings is 4. The molecule has 184 valence electrons. The van der Waals surface area contributed by atoms with E-state index >= 15 is 0 Å². The van der Waals surface area contributed by atoms with Gasteiger partial charge >= 0.3 is 5.97 Å². The number of esters is 1. The highest BCUT2D eigenvalue weighted by molar-refractivity contribution is 5.94. The summed E-state index contributed by atoms with van der Waals surface area (Å²) in [6.07, 6.45) is 0. The van der Waals surface area contributed by atoms with Crippen molar-refractivity contribution in [2.24, 2.45) is 0 Å². The van der Waals surface area contributed by atoms with Crippen LogP contribution >= 0.6 is 0 Å². The standard InChI is InChI=1S/C31H21N3O4/c1-2-37-31(36)28-15-24-10-11-27(38-26-5-3-4-20(14-26)17-32)16-29(24)34(30(28)35)19-22-7-9-23-8-6-21(18-33)12-25(23)13-22/h3-16H,2,19H2,1H3. The fourth-order valence-corrected chi connectivity index (χ4v) is 4.34. The number of hydrogen-bond acceptors (Lipinski definition) is 6. The summed E-state index contributed by atoms with van der Waals surface area (Å²) in [7, 11) is 0. The molecule has 0 radical (unpaired) electrons. The molecule has 7 heteroatoms. The van der Waals surface area contributed by atoms with Gasteiger partial charge in [0.25, 0.3) is 5.56 Å². The van der Waals surface area contributed by atoms with Crippen LogP contribution in [0, 0.1) is 22.7 Å². The minimum atomic E-state index is -0.682. The molecule has 0 spiro atoms. The van der Waals surface area contributed by atoms with Crippen LogP contribution in [-0.2, 0) is 11.3 Å². The normalized spacial score (nSPS) is 10.6. The Morgan fingerprint density at radius 1 is 0.816 bits per heavy atom. The zero-order valence-corrected chi connectivity index (χ0v) is 20.5. The van der Waals surface area contributed by atoms with Gasteiger partial charge in [-0.3, -0.25) is 4.79 Å². The number of nitrogens with zero attached hydrogens (tertiary/aromatic N) is 3. The van der Waals surface area contributed by atoms with Crippen molar-refractivity contribution in [2.45, 2.75) is 13.5 Å². The summed E-state index contributed by atoms with van der Waals surface area (Å²) in [5, 5.41) is 21.0. The summed E-state index contributed by atoms with van der Waals surface area (Å²) < 4.78 is 12.6. The van der Waals surface area contributed by atoms with Gasteiger partial charge in [0.1, 0.15) is 17.1 Å². The van der Waals surface area contributed by atoms with E-state index in [0.29, 0.717) is 33.5 Å². The zero-order valence-electron chi connectivity index (χ0n) is 20.5. The van der Waals surface area contributed by atoms with E-state index in [4.69, 9.17) is 9.47 Å². The molecule has 0 N–H and O–H groups in total. The Kier molecular flexibility index (Phi) is 6.59. The largest absolute Gasteiger partial charge is 0.462 e. The van der Waals surface area contributed by atoms with E-state index in [1.807, 2.05) is 24.3 Å². The predicted molar refractivity (Wildman–Crippen MR) is 143 cm³/mol. The second kappa shape index (κ2) is 10.3. The van der Waals surface area contributed by atoms with Crippen molar-refractivity contribution in [3.05, 3.63) is 118 Å². The molecule has 0 unspecified atom stereocenters. The van der Waals surface area contributed by atoms with Gasteiger partial charge in [0.05, 0.1) is 41.9 Å². The maximum absolute atomic E-state index is 13.6. The predicted octanol–water partition coefficient (Wildman–Crippen LogP) is 5.92. The number of aromatic nitrogens is 1. The molecule has 1 aromatic heterocycles. The van der Waals surface area contributed by atoms with Crippen molar-refractivity contribution in [1.29, 1.82) is 10.5 Å². The Morgan fingerprint density at radius 2 is 1.55 bits per heavy atom. The minimum absolute atomic E-state index is 0.0534. The van der Waals surface area contributed by atoms with Gasteiger partial charge in [-0.25, -0.2) is 4.79 Å². The maximum Gasteiger partial charge on any atom is 0.343 e. The van der Waals surface area contributed by atoms with Crippen molar-refractivity contribution < 1.29 is 14.3 Å².